The second kappa shape index (κ2) is 6.35. The average molecular weight is 282 g/mol. The van der Waals surface area contributed by atoms with Crippen molar-refractivity contribution in [2.45, 2.75) is 57.5 Å². The van der Waals surface area contributed by atoms with Crippen LogP contribution >= 0.6 is 0 Å². The van der Waals surface area contributed by atoms with Crippen molar-refractivity contribution < 1.29 is 19.2 Å². The smallest absolute Gasteiger partial charge is 0.303 e. The Morgan fingerprint density at radius 3 is 3.05 bits per heavy atom. The summed E-state index contributed by atoms with van der Waals surface area (Å²) in [7, 11) is 1.69. The first-order valence-corrected chi connectivity index (χ1v) is 7.16. The molecule has 1 aromatic heterocycles. The molecular weight excluding hydrogens is 260 g/mol. The zero-order chi connectivity index (χ0) is 14.6. The fraction of sp³-hybridized carbons (Fsp3) is 0.786. The number of carboxylic acids is 1. The van der Waals surface area contributed by atoms with Gasteiger partial charge in [-0.15, -0.1) is 0 Å². The fourth-order valence-corrected chi connectivity index (χ4v) is 2.92. The molecule has 0 aromatic carbocycles. The average Bonchev–Trinajstić information content (AvgIpc) is 2.87. The van der Waals surface area contributed by atoms with Crippen LogP contribution in [0, 0.1) is 5.92 Å². The monoisotopic (exact) mass is 282 g/mol. The third-order valence-corrected chi connectivity index (χ3v) is 4.00. The van der Waals surface area contributed by atoms with Crippen LogP contribution in [0.2, 0.25) is 0 Å². The molecule has 6 nitrogen and oxygen atoms in total. The topological polar surface area (TPSA) is 85.5 Å². The van der Waals surface area contributed by atoms with Crippen molar-refractivity contribution >= 4 is 5.97 Å². The number of carboxylic acid groups (broad SMARTS) is 1. The second-order valence-electron chi connectivity index (χ2n) is 5.66. The fourth-order valence-electron chi connectivity index (χ4n) is 2.92. The maximum atomic E-state index is 10.5. The van der Waals surface area contributed by atoms with E-state index in [0.717, 1.165) is 19.3 Å². The van der Waals surface area contributed by atoms with Gasteiger partial charge < -0.3 is 14.4 Å². The molecule has 20 heavy (non-hydrogen) atoms. The number of carbonyl (C=O) groups is 1. The molecule has 1 N–H and O–H groups in total. The molecule has 2 rings (SSSR count). The van der Waals surface area contributed by atoms with E-state index in [1.54, 1.807) is 7.11 Å². The molecule has 0 amide bonds. The van der Waals surface area contributed by atoms with Gasteiger partial charge in [0.1, 0.15) is 5.60 Å². The minimum atomic E-state index is -0.806. The van der Waals surface area contributed by atoms with Crippen LogP contribution in [0.5, 0.6) is 0 Å². The van der Waals surface area contributed by atoms with E-state index in [0.29, 0.717) is 30.5 Å². The van der Waals surface area contributed by atoms with Gasteiger partial charge in [0.2, 0.25) is 11.7 Å². The number of aliphatic carboxylic acids is 1. The lowest BCUT2D eigenvalue weighted by molar-refractivity contribution is -0.137. The zero-order valence-corrected chi connectivity index (χ0v) is 12.1. The zero-order valence-electron chi connectivity index (χ0n) is 12.1. The lowest BCUT2D eigenvalue weighted by Gasteiger charge is -2.36. The van der Waals surface area contributed by atoms with Crippen LogP contribution in [0.4, 0.5) is 0 Å². The number of hydrogen-bond donors (Lipinski definition) is 1. The molecule has 6 heteroatoms. The lowest BCUT2D eigenvalue weighted by atomic mass is 9.78. The molecule has 1 fully saturated rings. The van der Waals surface area contributed by atoms with Crippen LogP contribution in [0.3, 0.4) is 0 Å². The van der Waals surface area contributed by atoms with Gasteiger partial charge in [-0.1, -0.05) is 18.5 Å². The summed E-state index contributed by atoms with van der Waals surface area (Å²) >= 11 is 0. The van der Waals surface area contributed by atoms with Gasteiger partial charge in [0, 0.05) is 20.0 Å². The molecule has 1 aliphatic rings. The van der Waals surface area contributed by atoms with Crippen LogP contribution < -0.4 is 0 Å². The van der Waals surface area contributed by atoms with E-state index >= 15 is 0 Å². The van der Waals surface area contributed by atoms with Crippen LogP contribution in [-0.4, -0.2) is 28.3 Å². The second-order valence-corrected chi connectivity index (χ2v) is 5.66. The SMILES string of the molecule is COC1(c2noc(CCCC(=O)O)n2)CCCC(C)C1. The summed E-state index contributed by atoms with van der Waals surface area (Å²) in [4.78, 5) is 14.9. The summed E-state index contributed by atoms with van der Waals surface area (Å²) in [5.74, 6) is 0.879. The van der Waals surface area contributed by atoms with E-state index in [4.69, 9.17) is 14.4 Å². The van der Waals surface area contributed by atoms with Crippen molar-refractivity contribution in [3.8, 4) is 0 Å². The van der Waals surface area contributed by atoms with Gasteiger partial charge in [0.05, 0.1) is 0 Å². The summed E-state index contributed by atoms with van der Waals surface area (Å²) in [5, 5.41) is 12.7. The first kappa shape index (κ1) is 15.0. The molecule has 0 radical (unpaired) electrons. The number of ether oxygens (including phenoxy) is 1. The molecule has 2 unspecified atom stereocenters. The first-order valence-electron chi connectivity index (χ1n) is 7.16. The number of rotatable bonds is 6. The Bertz CT molecular complexity index is 460. The van der Waals surface area contributed by atoms with Gasteiger partial charge in [0.15, 0.2) is 0 Å². The highest BCUT2D eigenvalue weighted by Crippen LogP contribution is 2.41. The summed E-state index contributed by atoms with van der Waals surface area (Å²) in [6.07, 6.45) is 5.22. The van der Waals surface area contributed by atoms with Crippen LogP contribution in [-0.2, 0) is 21.6 Å². The highest BCUT2D eigenvalue weighted by molar-refractivity contribution is 5.66. The van der Waals surface area contributed by atoms with Gasteiger partial charge in [-0.2, -0.15) is 4.98 Å². The third kappa shape index (κ3) is 3.36. The van der Waals surface area contributed by atoms with Gasteiger partial charge in [-0.25, -0.2) is 0 Å². The molecule has 0 bridgehead atoms. The van der Waals surface area contributed by atoms with E-state index in [9.17, 15) is 4.79 Å². The molecule has 2 atom stereocenters. The van der Waals surface area contributed by atoms with E-state index < -0.39 is 11.6 Å². The molecular formula is C14H22N2O4. The quantitative estimate of drug-likeness (QED) is 0.863. The molecule has 1 heterocycles. The number of aryl methyl sites for hydroxylation is 1. The molecule has 1 saturated carbocycles. The number of aromatic nitrogens is 2. The van der Waals surface area contributed by atoms with Crippen molar-refractivity contribution in [1.82, 2.24) is 10.1 Å². The summed E-state index contributed by atoms with van der Waals surface area (Å²) < 4.78 is 10.9. The Morgan fingerprint density at radius 2 is 2.40 bits per heavy atom. The van der Waals surface area contributed by atoms with E-state index in [1.807, 2.05) is 0 Å². The number of hydrogen-bond acceptors (Lipinski definition) is 5. The van der Waals surface area contributed by atoms with Crippen molar-refractivity contribution in [2.24, 2.45) is 5.92 Å². The molecule has 0 aliphatic heterocycles. The van der Waals surface area contributed by atoms with Crippen molar-refractivity contribution in [3.63, 3.8) is 0 Å². The van der Waals surface area contributed by atoms with Gasteiger partial charge in [-0.05, 0) is 31.6 Å². The number of nitrogens with zero attached hydrogens (tertiary/aromatic N) is 2. The highest BCUT2D eigenvalue weighted by atomic mass is 16.5. The minimum Gasteiger partial charge on any atom is -0.481 e. The Kier molecular flexibility index (Phi) is 4.75. The highest BCUT2D eigenvalue weighted by Gasteiger charge is 2.40. The van der Waals surface area contributed by atoms with Gasteiger partial charge in [-0.3, -0.25) is 4.79 Å². The first-order chi connectivity index (χ1) is 9.55. The van der Waals surface area contributed by atoms with Gasteiger partial charge in [0.25, 0.3) is 0 Å². The molecule has 0 saturated heterocycles. The number of methoxy groups -OCH3 is 1. The predicted octanol–water partition coefficient (Wildman–Crippen LogP) is 2.53. The Labute approximate surface area is 118 Å². The van der Waals surface area contributed by atoms with Crippen LogP contribution in [0.15, 0.2) is 4.52 Å². The Hall–Kier alpha value is -1.43. The third-order valence-electron chi connectivity index (χ3n) is 4.00. The van der Waals surface area contributed by atoms with Crippen molar-refractivity contribution in [2.75, 3.05) is 7.11 Å². The van der Waals surface area contributed by atoms with E-state index in [-0.39, 0.29) is 6.42 Å². The van der Waals surface area contributed by atoms with Crippen LogP contribution in [0.1, 0.15) is 57.2 Å². The maximum absolute atomic E-state index is 10.5. The Balaban J connectivity index is 2.04. The predicted molar refractivity (Wildman–Crippen MR) is 71.2 cm³/mol. The summed E-state index contributed by atoms with van der Waals surface area (Å²) in [5.41, 5.74) is -0.438. The normalized spacial score (nSPS) is 26.6. The standard InChI is InChI=1S/C14H22N2O4/c1-10-5-4-8-14(9-10,19-2)13-15-11(20-16-13)6-3-7-12(17)18/h10H,3-9H2,1-2H3,(H,17,18). The summed E-state index contributed by atoms with van der Waals surface area (Å²) in [6, 6.07) is 0. The maximum Gasteiger partial charge on any atom is 0.303 e. The molecule has 0 spiro atoms. The van der Waals surface area contributed by atoms with Gasteiger partial charge >= 0.3 is 5.97 Å². The van der Waals surface area contributed by atoms with E-state index in [2.05, 4.69) is 17.1 Å². The van der Waals surface area contributed by atoms with Crippen molar-refractivity contribution in [1.29, 1.82) is 0 Å². The largest absolute Gasteiger partial charge is 0.481 e. The van der Waals surface area contributed by atoms with Crippen LogP contribution in [0.25, 0.3) is 0 Å². The van der Waals surface area contributed by atoms with Crippen molar-refractivity contribution in [3.05, 3.63) is 11.7 Å². The Morgan fingerprint density at radius 1 is 1.60 bits per heavy atom. The minimum absolute atomic E-state index is 0.115. The molecule has 112 valence electrons. The lowest BCUT2D eigenvalue weighted by Crippen LogP contribution is -2.35. The molecule has 1 aromatic rings. The summed E-state index contributed by atoms with van der Waals surface area (Å²) in [6.45, 7) is 2.21. The molecule has 1 aliphatic carbocycles. The van der Waals surface area contributed by atoms with E-state index in [1.165, 1.54) is 6.42 Å².